The number of aliphatic imine (C=N–C) groups is 1. The van der Waals surface area contributed by atoms with Crippen molar-refractivity contribution in [1.29, 1.82) is 0 Å². The maximum Gasteiger partial charge on any atom is 0.149 e. The van der Waals surface area contributed by atoms with E-state index in [-0.39, 0.29) is 11.4 Å². The number of hydrogen-bond acceptors (Lipinski definition) is 2. The number of aromatic hydroxyl groups is 1. The van der Waals surface area contributed by atoms with Gasteiger partial charge < -0.3 is 5.11 Å². The normalized spacial score (nSPS) is 11.1. The maximum absolute atomic E-state index is 13.3. The molecule has 0 spiro atoms. The van der Waals surface area contributed by atoms with E-state index in [1.54, 1.807) is 12.1 Å². The van der Waals surface area contributed by atoms with E-state index < -0.39 is 11.6 Å². The Morgan fingerprint density at radius 1 is 1.11 bits per heavy atom. The summed E-state index contributed by atoms with van der Waals surface area (Å²) in [5, 5.41) is 9.56. The summed E-state index contributed by atoms with van der Waals surface area (Å²) in [6.07, 6.45) is 1.28. The second-order valence-electron chi connectivity index (χ2n) is 3.56. The molecular weight excluding hydrogens is 304 g/mol. The van der Waals surface area contributed by atoms with E-state index >= 15 is 0 Å². The van der Waals surface area contributed by atoms with E-state index in [9.17, 15) is 13.9 Å². The molecule has 0 radical (unpaired) electrons. The van der Waals surface area contributed by atoms with Crippen LogP contribution < -0.4 is 0 Å². The van der Waals surface area contributed by atoms with Gasteiger partial charge in [0.25, 0.3) is 0 Å². The minimum absolute atomic E-state index is 0.0127. The van der Waals surface area contributed by atoms with Gasteiger partial charge in [0.05, 0.1) is 0 Å². The van der Waals surface area contributed by atoms with Crippen LogP contribution in [0.4, 0.5) is 14.5 Å². The Bertz CT molecular complexity index is 560. The minimum atomic E-state index is -0.623. The second-order valence-corrected chi connectivity index (χ2v) is 4.47. The fourth-order valence-corrected chi connectivity index (χ4v) is 1.73. The lowest BCUT2D eigenvalue weighted by Crippen LogP contribution is -1.84. The summed E-state index contributed by atoms with van der Waals surface area (Å²) in [6, 6.07) is 7.77. The molecule has 0 amide bonds. The van der Waals surface area contributed by atoms with Crippen molar-refractivity contribution in [1.82, 2.24) is 0 Å². The van der Waals surface area contributed by atoms with Crippen molar-refractivity contribution in [2.75, 3.05) is 0 Å². The van der Waals surface area contributed by atoms with E-state index in [1.165, 1.54) is 12.3 Å². The lowest BCUT2D eigenvalue weighted by Gasteiger charge is -2.00. The van der Waals surface area contributed by atoms with E-state index in [0.29, 0.717) is 5.56 Å². The Balaban J connectivity index is 2.35. The molecule has 18 heavy (non-hydrogen) atoms. The molecule has 0 unspecified atom stereocenters. The Kier molecular flexibility index (Phi) is 3.72. The third-order valence-electron chi connectivity index (χ3n) is 2.24. The second kappa shape index (κ2) is 5.27. The molecule has 1 N–H and O–H groups in total. The Morgan fingerprint density at radius 3 is 2.67 bits per heavy atom. The minimum Gasteiger partial charge on any atom is -0.507 e. The number of phenols is 1. The van der Waals surface area contributed by atoms with E-state index in [0.717, 1.165) is 22.7 Å². The van der Waals surface area contributed by atoms with Gasteiger partial charge >= 0.3 is 0 Å². The SMILES string of the molecule is Oc1ccc(Br)cc1C=Nc1cc(F)ccc1F. The Hall–Kier alpha value is -1.75. The Labute approximate surface area is 111 Å². The number of rotatable bonds is 2. The van der Waals surface area contributed by atoms with Crippen molar-refractivity contribution in [3.63, 3.8) is 0 Å². The van der Waals surface area contributed by atoms with Crippen molar-refractivity contribution in [3.05, 3.63) is 58.1 Å². The predicted octanol–water partition coefficient (Wildman–Crippen LogP) is 4.18. The predicted molar refractivity (Wildman–Crippen MR) is 69.4 cm³/mol. The molecule has 0 heterocycles. The molecular formula is C13H8BrF2NO. The van der Waals surface area contributed by atoms with E-state index in [4.69, 9.17) is 0 Å². The molecule has 2 aromatic rings. The van der Waals surface area contributed by atoms with Gasteiger partial charge in [-0.05, 0) is 30.3 Å². The number of halogens is 3. The molecule has 0 aliphatic carbocycles. The van der Waals surface area contributed by atoms with E-state index in [2.05, 4.69) is 20.9 Å². The molecule has 5 heteroatoms. The van der Waals surface area contributed by atoms with Gasteiger partial charge in [0.1, 0.15) is 23.1 Å². The average molecular weight is 312 g/mol. The topological polar surface area (TPSA) is 32.6 Å². The van der Waals surface area contributed by atoms with Crippen LogP contribution in [-0.2, 0) is 0 Å². The van der Waals surface area contributed by atoms with Gasteiger partial charge in [-0.1, -0.05) is 15.9 Å². The molecule has 92 valence electrons. The first-order valence-corrected chi connectivity index (χ1v) is 5.83. The molecule has 0 atom stereocenters. The molecule has 0 fully saturated rings. The number of nitrogens with zero attached hydrogens (tertiary/aromatic N) is 1. The van der Waals surface area contributed by atoms with Crippen molar-refractivity contribution < 1.29 is 13.9 Å². The summed E-state index contributed by atoms with van der Waals surface area (Å²) in [5.41, 5.74) is 0.294. The summed E-state index contributed by atoms with van der Waals surface area (Å²) in [5.74, 6) is -1.18. The fraction of sp³-hybridized carbons (Fsp3) is 0. The highest BCUT2D eigenvalue weighted by Crippen LogP contribution is 2.22. The maximum atomic E-state index is 13.3. The standard InChI is InChI=1S/C13H8BrF2NO/c14-9-1-4-13(18)8(5-9)7-17-12-6-10(15)2-3-11(12)16/h1-7,18H. The van der Waals surface area contributed by atoms with Crippen LogP contribution >= 0.6 is 15.9 Å². The molecule has 0 bridgehead atoms. The van der Waals surface area contributed by atoms with Crippen molar-refractivity contribution in [2.45, 2.75) is 0 Å². The lowest BCUT2D eigenvalue weighted by molar-refractivity contribution is 0.474. The van der Waals surface area contributed by atoms with Crippen LogP contribution in [-0.4, -0.2) is 11.3 Å². The van der Waals surface area contributed by atoms with Gasteiger partial charge in [-0.15, -0.1) is 0 Å². The first kappa shape index (κ1) is 12.7. The largest absolute Gasteiger partial charge is 0.507 e. The van der Waals surface area contributed by atoms with Crippen LogP contribution in [0.1, 0.15) is 5.56 Å². The summed E-state index contributed by atoms with van der Waals surface area (Å²) >= 11 is 3.24. The van der Waals surface area contributed by atoms with Gasteiger partial charge in [0.15, 0.2) is 0 Å². The smallest absolute Gasteiger partial charge is 0.149 e. The van der Waals surface area contributed by atoms with Gasteiger partial charge in [0, 0.05) is 22.3 Å². The number of benzene rings is 2. The molecule has 0 saturated carbocycles. The van der Waals surface area contributed by atoms with Crippen molar-refractivity contribution in [2.24, 2.45) is 4.99 Å². The summed E-state index contributed by atoms with van der Waals surface area (Å²) in [6.45, 7) is 0. The van der Waals surface area contributed by atoms with Gasteiger partial charge in [-0.25, -0.2) is 8.78 Å². The lowest BCUT2D eigenvalue weighted by atomic mass is 10.2. The monoisotopic (exact) mass is 311 g/mol. The van der Waals surface area contributed by atoms with E-state index in [1.807, 2.05) is 0 Å². The third-order valence-corrected chi connectivity index (χ3v) is 2.73. The molecule has 2 rings (SSSR count). The van der Waals surface area contributed by atoms with Crippen molar-refractivity contribution in [3.8, 4) is 5.75 Å². The molecule has 0 aliphatic heterocycles. The number of phenolic OH excluding ortho intramolecular Hbond substituents is 1. The third kappa shape index (κ3) is 2.92. The first-order chi connectivity index (χ1) is 8.56. The zero-order valence-electron chi connectivity index (χ0n) is 9.07. The van der Waals surface area contributed by atoms with Crippen LogP contribution in [0.5, 0.6) is 5.75 Å². The summed E-state index contributed by atoms with van der Waals surface area (Å²) in [4.78, 5) is 3.82. The molecule has 0 saturated heterocycles. The van der Waals surface area contributed by atoms with Gasteiger partial charge in [-0.2, -0.15) is 0 Å². The molecule has 2 nitrogen and oxygen atoms in total. The number of hydrogen-bond donors (Lipinski definition) is 1. The summed E-state index contributed by atoms with van der Waals surface area (Å²) in [7, 11) is 0. The van der Waals surface area contributed by atoms with Crippen LogP contribution in [0.3, 0.4) is 0 Å². The highest BCUT2D eigenvalue weighted by Gasteiger charge is 2.03. The zero-order valence-corrected chi connectivity index (χ0v) is 10.7. The van der Waals surface area contributed by atoms with Gasteiger partial charge in [0.2, 0.25) is 0 Å². The fourth-order valence-electron chi connectivity index (χ4n) is 1.35. The van der Waals surface area contributed by atoms with Crippen LogP contribution in [0.15, 0.2) is 45.9 Å². The molecule has 0 aromatic heterocycles. The van der Waals surface area contributed by atoms with Crippen LogP contribution in [0, 0.1) is 11.6 Å². The zero-order chi connectivity index (χ0) is 13.1. The van der Waals surface area contributed by atoms with Crippen LogP contribution in [0.2, 0.25) is 0 Å². The van der Waals surface area contributed by atoms with Crippen LogP contribution in [0.25, 0.3) is 0 Å². The average Bonchev–Trinajstić information content (AvgIpc) is 2.34. The first-order valence-electron chi connectivity index (χ1n) is 5.04. The highest BCUT2D eigenvalue weighted by molar-refractivity contribution is 9.10. The summed E-state index contributed by atoms with van der Waals surface area (Å²) < 4.78 is 27.0. The van der Waals surface area contributed by atoms with Crippen molar-refractivity contribution >= 4 is 27.8 Å². The van der Waals surface area contributed by atoms with Gasteiger partial charge in [-0.3, -0.25) is 4.99 Å². The molecule has 2 aromatic carbocycles. The Morgan fingerprint density at radius 2 is 1.89 bits per heavy atom. The quantitative estimate of drug-likeness (QED) is 0.829. The highest BCUT2D eigenvalue weighted by atomic mass is 79.9. The molecule has 0 aliphatic rings.